The number of hydrogen-bond donors (Lipinski definition) is 2. The third-order valence-corrected chi connectivity index (χ3v) is 5.52. The van der Waals surface area contributed by atoms with Gasteiger partial charge in [-0.1, -0.05) is 0 Å². The number of nitriles is 3. The van der Waals surface area contributed by atoms with Gasteiger partial charge in [0.1, 0.15) is 0 Å². The fourth-order valence-electron chi connectivity index (χ4n) is 4.18. The van der Waals surface area contributed by atoms with Gasteiger partial charge in [0.15, 0.2) is 0 Å². The Labute approximate surface area is 147 Å². The Hall–Kier alpha value is -3.01. The number of fused-ring (bicyclic) bond motifs is 1. The minimum absolute atomic E-state index is 0.0933. The average Bonchev–Trinajstić information content (AvgIpc) is 2.68. The standard InChI is InChI=1S/C19H18N6/c1-2-25-8-5-16-15(10-25)17(13-3-6-24-7-4-13)14(9-20)18(23)19(16,11-21)12-22/h3-7,14-15,17,23H,2,8,10H2,1H3/p+1/t14-,15+,17-/m1/s1. The summed E-state index contributed by atoms with van der Waals surface area (Å²) in [6, 6.07) is 10.1. The maximum absolute atomic E-state index is 9.78. The molecule has 4 atom stereocenters. The molecule has 1 aromatic rings. The third kappa shape index (κ3) is 2.41. The molecule has 6 heteroatoms. The van der Waals surface area contributed by atoms with Gasteiger partial charge in [-0.2, -0.15) is 15.8 Å². The van der Waals surface area contributed by atoms with Crippen LogP contribution in [0.4, 0.5) is 0 Å². The predicted octanol–water partition coefficient (Wildman–Crippen LogP) is 0.833. The van der Waals surface area contributed by atoms with Crippen LogP contribution in [0.1, 0.15) is 18.4 Å². The molecule has 2 heterocycles. The third-order valence-electron chi connectivity index (χ3n) is 5.52. The van der Waals surface area contributed by atoms with Crippen molar-refractivity contribution in [3.05, 3.63) is 41.7 Å². The van der Waals surface area contributed by atoms with Crippen LogP contribution in [0.15, 0.2) is 36.2 Å². The molecule has 0 spiro atoms. The first-order valence-electron chi connectivity index (χ1n) is 8.38. The summed E-state index contributed by atoms with van der Waals surface area (Å²) in [4.78, 5) is 5.39. The molecule has 1 aromatic heterocycles. The Morgan fingerprint density at radius 1 is 1.28 bits per heavy atom. The molecule has 0 radical (unpaired) electrons. The highest BCUT2D eigenvalue weighted by Gasteiger charge is 2.57. The van der Waals surface area contributed by atoms with Crippen molar-refractivity contribution in [2.75, 3.05) is 19.6 Å². The van der Waals surface area contributed by atoms with E-state index >= 15 is 0 Å². The van der Waals surface area contributed by atoms with E-state index in [2.05, 4.69) is 30.1 Å². The summed E-state index contributed by atoms with van der Waals surface area (Å²) in [5.74, 6) is -1.13. The summed E-state index contributed by atoms with van der Waals surface area (Å²) in [6.07, 6.45) is 5.32. The van der Waals surface area contributed by atoms with Crippen LogP contribution in [0.3, 0.4) is 0 Å². The van der Waals surface area contributed by atoms with E-state index in [1.54, 1.807) is 12.4 Å². The van der Waals surface area contributed by atoms with Gasteiger partial charge in [-0.3, -0.25) is 4.98 Å². The van der Waals surface area contributed by atoms with E-state index in [4.69, 9.17) is 5.41 Å². The van der Waals surface area contributed by atoms with Crippen molar-refractivity contribution in [3.63, 3.8) is 0 Å². The Bertz CT molecular complexity index is 821. The first-order valence-corrected chi connectivity index (χ1v) is 8.38. The zero-order valence-corrected chi connectivity index (χ0v) is 14.0. The predicted molar refractivity (Wildman–Crippen MR) is 90.3 cm³/mol. The molecule has 6 nitrogen and oxygen atoms in total. The average molecular weight is 331 g/mol. The molecule has 0 amide bonds. The number of rotatable bonds is 2. The number of aromatic nitrogens is 1. The quantitative estimate of drug-likeness (QED) is 0.782. The topological polar surface area (TPSA) is 113 Å². The van der Waals surface area contributed by atoms with Crippen LogP contribution in [-0.4, -0.2) is 30.3 Å². The maximum Gasteiger partial charge on any atom is 0.203 e. The maximum atomic E-state index is 9.78. The molecule has 2 aliphatic rings. The number of pyridine rings is 1. The van der Waals surface area contributed by atoms with Crippen LogP contribution < -0.4 is 4.90 Å². The second kappa shape index (κ2) is 6.48. The lowest BCUT2D eigenvalue weighted by molar-refractivity contribution is -0.897. The Morgan fingerprint density at radius 2 is 1.96 bits per heavy atom. The molecule has 124 valence electrons. The Balaban J connectivity index is 2.21. The molecule has 0 bridgehead atoms. The minimum atomic E-state index is -1.62. The van der Waals surface area contributed by atoms with Crippen molar-refractivity contribution in [2.24, 2.45) is 17.3 Å². The van der Waals surface area contributed by atoms with Gasteiger partial charge in [0.2, 0.25) is 5.41 Å². The van der Waals surface area contributed by atoms with Gasteiger partial charge in [0.05, 0.1) is 49.5 Å². The van der Waals surface area contributed by atoms with E-state index in [0.29, 0.717) is 5.57 Å². The SMILES string of the molecule is CC[NH+]1CC=C2[C@H](C1)[C@H](c1ccncc1)[C@@H](C#N)C(=N)C2(C#N)C#N. The highest BCUT2D eigenvalue weighted by atomic mass is 15.1. The van der Waals surface area contributed by atoms with Gasteiger partial charge >= 0.3 is 0 Å². The molecule has 1 aliphatic carbocycles. The lowest BCUT2D eigenvalue weighted by atomic mass is 9.55. The molecular weight excluding hydrogens is 312 g/mol. The largest absolute Gasteiger partial charge is 0.331 e. The summed E-state index contributed by atoms with van der Waals surface area (Å²) in [7, 11) is 0. The molecule has 1 unspecified atom stereocenters. The van der Waals surface area contributed by atoms with Crippen LogP contribution in [-0.2, 0) is 0 Å². The number of likely N-dealkylation sites (N-methyl/N-ethyl adjacent to an activating group) is 1. The first kappa shape index (κ1) is 16.8. The normalized spacial score (nSPS) is 30.2. The lowest BCUT2D eigenvalue weighted by Crippen LogP contribution is -3.13. The molecule has 1 fully saturated rings. The molecule has 1 aliphatic heterocycles. The molecular formula is C19H19N6+. The highest BCUT2D eigenvalue weighted by Crippen LogP contribution is 2.50. The number of nitrogens with zero attached hydrogens (tertiary/aromatic N) is 4. The summed E-state index contributed by atoms with van der Waals surface area (Å²) in [6.45, 7) is 4.53. The van der Waals surface area contributed by atoms with Crippen molar-refractivity contribution in [3.8, 4) is 18.2 Å². The van der Waals surface area contributed by atoms with E-state index in [-0.39, 0.29) is 17.5 Å². The number of hydrogen-bond acceptors (Lipinski definition) is 5. The molecule has 0 aromatic carbocycles. The van der Waals surface area contributed by atoms with Gasteiger partial charge < -0.3 is 10.3 Å². The van der Waals surface area contributed by atoms with Gasteiger partial charge in [-0.05, 0) is 36.3 Å². The van der Waals surface area contributed by atoms with Crippen molar-refractivity contribution < 1.29 is 4.90 Å². The Kier molecular flexibility index (Phi) is 4.36. The second-order valence-electron chi connectivity index (χ2n) is 6.58. The van der Waals surface area contributed by atoms with E-state index in [0.717, 1.165) is 25.2 Å². The van der Waals surface area contributed by atoms with Crippen LogP contribution >= 0.6 is 0 Å². The van der Waals surface area contributed by atoms with E-state index in [1.807, 2.05) is 18.2 Å². The summed E-state index contributed by atoms with van der Waals surface area (Å²) < 4.78 is 0. The zero-order chi connectivity index (χ0) is 18.0. The first-order chi connectivity index (χ1) is 12.1. The van der Waals surface area contributed by atoms with Crippen molar-refractivity contribution >= 4 is 5.71 Å². The molecule has 3 rings (SSSR count). The smallest absolute Gasteiger partial charge is 0.203 e. The monoisotopic (exact) mass is 331 g/mol. The zero-order valence-electron chi connectivity index (χ0n) is 14.0. The van der Waals surface area contributed by atoms with Crippen molar-refractivity contribution in [2.45, 2.75) is 12.8 Å². The summed E-state index contributed by atoms with van der Waals surface area (Å²) in [5.41, 5.74) is -0.0743. The molecule has 25 heavy (non-hydrogen) atoms. The fourth-order valence-corrected chi connectivity index (χ4v) is 4.18. The van der Waals surface area contributed by atoms with Crippen molar-refractivity contribution in [1.29, 1.82) is 21.2 Å². The van der Waals surface area contributed by atoms with Gasteiger partial charge in [-0.25, -0.2) is 0 Å². The van der Waals surface area contributed by atoms with E-state index in [1.165, 1.54) is 4.90 Å². The Morgan fingerprint density at radius 3 is 2.52 bits per heavy atom. The van der Waals surface area contributed by atoms with E-state index < -0.39 is 11.3 Å². The fraction of sp³-hybridized carbons (Fsp3) is 0.421. The van der Waals surface area contributed by atoms with Gasteiger partial charge in [0.25, 0.3) is 0 Å². The van der Waals surface area contributed by atoms with Crippen LogP contribution in [0, 0.1) is 56.7 Å². The number of quaternary nitrogens is 1. The molecule has 1 saturated carbocycles. The van der Waals surface area contributed by atoms with Gasteiger partial charge in [-0.15, -0.1) is 0 Å². The second-order valence-corrected chi connectivity index (χ2v) is 6.58. The summed E-state index contributed by atoms with van der Waals surface area (Å²) >= 11 is 0. The van der Waals surface area contributed by atoms with Crippen LogP contribution in [0.2, 0.25) is 0 Å². The highest BCUT2D eigenvalue weighted by molar-refractivity contribution is 6.01. The number of nitrogens with one attached hydrogen (secondary N) is 2. The minimum Gasteiger partial charge on any atom is -0.331 e. The van der Waals surface area contributed by atoms with E-state index in [9.17, 15) is 15.8 Å². The van der Waals surface area contributed by atoms with Crippen LogP contribution in [0.25, 0.3) is 0 Å². The van der Waals surface area contributed by atoms with Crippen molar-refractivity contribution in [1.82, 2.24) is 4.98 Å². The summed E-state index contributed by atoms with van der Waals surface area (Å²) in [5, 5.41) is 37.8. The van der Waals surface area contributed by atoms with Gasteiger partial charge in [0, 0.05) is 24.2 Å². The van der Waals surface area contributed by atoms with Crippen LogP contribution in [0.5, 0.6) is 0 Å². The molecule has 2 N–H and O–H groups in total. The lowest BCUT2D eigenvalue weighted by Gasteiger charge is -2.45. The molecule has 0 saturated heterocycles.